The van der Waals surface area contributed by atoms with Gasteiger partial charge in [0.1, 0.15) is 6.07 Å². The molecular weight excluding hydrogens is 240 g/mol. The minimum atomic E-state index is 0.0235. The van der Waals surface area contributed by atoms with Crippen LogP contribution in [0.1, 0.15) is 36.7 Å². The number of nitrogens with zero attached hydrogens (tertiary/aromatic N) is 2. The van der Waals surface area contributed by atoms with Gasteiger partial charge in [-0.3, -0.25) is 9.78 Å². The van der Waals surface area contributed by atoms with Crippen molar-refractivity contribution in [3.8, 4) is 6.07 Å². The Morgan fingerprint density at radius 1 is 1.42 bits per heavy atom. The monoisotopic (exact) mass is 260 g/mol. The quantitative estimate of drug-likeness (QED) is 0.819. The number of aromatic nitrogens is 1. The van der Waals surface area contributed by atoms with Crippen molar-refractivity contribution in [1.82, 2.24) is 10.3 Å². The highest BCUT2D eigenvalue weighted by Crippen LogP contribution is 2.18. The molecule has 0 aliphatic heterocycles. The number of nitriles is 1. The van der Waals surface area contributed by atoms with Gasteiger partial charge in [0, 0.05) is 25.2 Å². The average molecular weight is 260 g/mol. The smallest absolute Gasteiger partial charge is 0.221 e. The van der Waals surface area contributed by atoms with Crippen molar-refractivity contribution in [1.29, 1.82) is 5.26 Å². The molecule has 1 aromatic rings. The lowest BCUT2D eigenvalue weighted by molar-refractivity contribution is -0.120. The Morgan fingerprint density at radius 3 is 2.79 bits per heavy atom. The van der Waals surface area contributed by atoms with Gasteiger partial charge in [-0.25, -0.2) is 0 Å². The summed E-state index contributed by atoms with van der Waals surface area (Å²) in [6.07, 6.45) is 1.33. The van der Waals surface area contributed by atoms with E-state index in [2.05, 4.69) is 21.7 Å². The lowest BCUT2D eigenvalue weighted by Gasteiger charge is -2.10. The van der Waals surface area contributed by atoms with Crippen molar-refractivity contribution in [2.45, 2.75) is 33.6 Å². The van der Waals surface area contributed by atoms with Gasteiger partial charge < -0.3 is 10.6 Å². The third-order valence-corrected chi connectivity index (χ3v) is 2.68. The molecule has 1 heterocycles. The van der Waals surface area contributed by atoms with Gasteiger partial charge in [0.05, 0.1) is 16.9 Å². The van der Waals surface area contributed by atoms with E-state index in [-0.39, 0.29) is 5.91 Å². The molecule has 1 rings (SSSR count). The largest absolute Gasteiger partial charge is 0.383 e. The first-order valence-electron chi connectivity index (χ1n) is 6.47. The Bertz CT molecular complexity index is 491. The predicted octanol–water partition coefficient (Wildman–Crippen LogP) is 1.90. The van der Waals surface area contributed by atoms with Gasteiger partial charge in [-0.15, -0.1) is 0 Å². The molecule has 0 fully saturated rings. The van der Waals surface area contributed by atoms with Crippen molar-refractivity contribution in [2.24, 2.45) is 0 Å². The van der Waals surface area contributed by atoms with E-state index in [9.17, 15) is 4.79 Å². The van der Waals surface area contributed by atoms with Gasteiger partial charge in [-0.2, -0.15) is 5.26 Å². The summed E-state index contributed by atoms with van der Waals surface area (Å²) in [4.78, 5) is 15.7. The second kappa shape index (κ2) is 7.37. The van der Waals surface area contributed by atoms with Crippen LogP contribution in [0.25, 0.3) is 0 Å². The van der Waals surface area contributed by atoms with Crippen LogP contribution < -0.4 is 10.6 Å². The lowest BCUT2D eigenvalue weighted by Crippen LogP contribution is -2.26. The molecule has 0 atom stereocenters. The highest BCUT2D eigenvalue weighted by molar-refractivity contribution is 5.76. The Balaban J connectivity index is 2.59. The number of rotatable bonds is 6. The number of nitrogens with one attached hydrogen (secondary N) is 2. The van der Waals surface area contributed by atoms with E-state index in [1.165, 1.54) is 0 Å². The number of amides is 1. The van der Waals surface area contributed by atoms with Crippen molar-refractivity contribution >= 4 is 11.6 Å². The van der Waals surface area contributed by atoms with E-state index in [4.69, 9.17) is 5.26 Å². The molecule has 1 aromatic heterocycles. The van der Waals surface area contributed by atoms with Crippen LogP contribution in [0.3, 0.4) is 0 Å². The molecule has 1 amide bonds. The second-order valence-corrected chi connectivity index (χ2v) is 4.41. The molecule has 102 valence electrons. The van der Waals surface area contributed by atoms with Crippen LogP contribution in [0, 0.1) is 25.2 Å². The Morgan fingerprint density at radius 2 is 2.16 bits per heavy atom. The van der Waals surface area contributed by atoms with Crippen LogP contribution in [0.4, 0.5) is 5.69 Å². The summed E-state index contributed by atoms with van der Waals surface area (Å²) >= 11 is 0. The highest BCUT2D eigenvalue weighted by atomic mass is 16.1. The van der Waals surface area contributed by atoms with Crippen LogP contribution in [-0.2, 0) is 4.79 Å². The average Bonchev–Trinajstić information content (AvgIpc) is 2.36. The topological polar surface area (TPSA) is 77.8 Å². The summed E-state index contributed by atoms with van der Waals surface area (Å²) in [5.41, 5.74) is 2.85. The predicted molar refractivity (Wildman–Crippen MR) is 74.8 cm³/mol. The third-order valence-electron chi connectivity index (χ3n) is 2.68. The van der Waals surface area contributed by atoms with Gasteiger partial charge >= 0.3 is 0 Å². The lowest BCUT2D eigenvalue weighted by atomic mass is 10.1. The molecule has 0 bridgehead atoms. The van der Waals surface area contributed by atoms with Crippen LogP contribution in [0.2, 0.25) is 0 Å². The van der Waals surface area contributed by atoms with Crippen molar-refractivity contribution < 1.29 is 4.79 Å². The third kappa shape index (κ3) is 4.59. The van der Waals surface area contributed by atoms with Gasteiger partial charge in [-0.05, 0) is 26.3 Å². The van der Waals surface area contributed by atoms with E-state index in [0.717, 1.165) is 17.8 Å². The number of anilines is 1. The normalized spacial score (nSPS) is 9.79. The Kier molecular flexibility index (Phi) is 5.80. The molecule has 5 heteroatoms. The summed E-state index contributed by atoms with van der Waals surface area (Å²) in [5.74, 6) is 0.0235. The van der Waals surface area contributed by atoms with Crippen LogP contribution in [0.5, 0.6) is 0 Å². The zero-order valence-corrected chi connectivity index (χ0v) is 11.7. The minimum Gasteiger partial charge on any atom is -0.383 e. The summed E-state index contributed by atoms with van der Waals surface area (Å²) < 4.78 is 0. The molecule has 0 saturated carbocycles. The van der Waals surface area contributed by atoms with Crippen molar-refractivity contribution in [2.75, 3.05) is 18.4 Å². The molecule has 0 aromatic carbocycles. The van der Waals surface area contributed by atoms with Gasteiger partial charge in [0.25, 0.3) is 0 Å². The molecule has 2 N–H and O–H groups in total. The molecule has 0 radical (unpaired) electrons. The van der Waals surface area contributed by atoms with Crippen molar-refractivity contribution in [3.63, 3.8) is 0 Å². The molecule has 0 aliphatic carbocycles. The molecule has 0 aliphatic rings. The number of aryl methyl sites for hydroxylation is 2. The van der Waals surface area contributed by atoms with Crippen LogP contribution in [-0.4, -0.2) is 24.0 Å². The fourth-order valence-electron chi connectivity index (χ4n) is 1.77. The van der Waals surface area contributed by atoms with E-state index in [1.807, 2.05) is 26.8 Å². The number of carbonyl (C=O) groups excluding carboxylic acids is 1. The Labute approximate surface area is 114 Å². The molecule has 5 nitrogen and oxygen atoms in total. The van der Waals surface area contributed by atoms with E-state index in [0.29, 0.717) is 30.8 Å². The highest BCUT2D eigenvalue weighted by Gasteiger charge is 2.08. The van der Waals surface area contributed by atoms with Gasteiger partial charge in [0.2, 0.25) is 5.91 Å². The molecule has 19 heavy (non-hydrogen) atoms. The summed E-state index contributed by atoms with van der Waals surface area (Å²) in [6, 6.07) is 3.97. The Hall–Kier alpha value is -2.09. The van der Waals surface area contributed by atoms with Crippen LogP contribution >= 0.6 is 0 Å². The standard InChI is InChI=1S/C14H20N4O/c1-4-6-17-14(19)5-7-16-13-8-10(2)18-11(3)12(13)9-15/h8H,4-7H2,1-3H3,(H,16,18)(H,17,19). The first-order chi connectivity index (χ1) is 9.08. The maximum atomic E-state index is 11.5. The fourth-order valence-corrected chi connectivity index (χ4v) is 1.77. The number of hydrogen-bond acceptors (Lipinski definition) is 4. The summed E-state index contributed by atoms with van der Waals surface area (Å²) in [6.45, 7) is 6.92. The maximum absolute atomic E-state index is 11.5. The van der Waals surface area contributed by atoms with Crippen LogP contribution in [0.15, 0.2) is 6.07 Å². The minimum absolute atomic E-state index is 0.0235. The second-order valence-electron chi connectivity index (χ2n) is 4.41. The molecule has 0 spiro atoms. The van der Waals surface area contributed by atoms with E-state index in [1.54, 1.807) is 0 Å². The number of hydrogen-bond donors (Lipinski definition) is 2. The maximum Gasteiger partial charge on any atom is 0.221 e. The van der Waals surface area contributed by atoms with E-state index >= 15 is 0 Å². The zero-order valence-electron chi connectivity index (χ0n) is 11.7. The number of pyridine rings is 1. The molecule has 0 unspecified atom stereocenters. The first kappa shape index (κ1) is 15.0. The van der Waals surface area contributed by atoms with Gasteiger partial charge in [-0.1, -0.05) is 6.92 Å². The number of carbonyl (C=O) groups is 1. The summed E-state index contributed by atoms with van der Waals surface area (Å²) in [7, 11) is 0. The first-order valence-corrected chi connectivity index (χ1v) is 6.47. The molecule has 0 saturated heterocycles. The zero-order chi connectivity index (χ0) is 14.3. The van der Waals surface area contributed by atoms with Gasteiger partial charge in [0.15, 0.2) is 0 Å². The SMILES string of the molecule is CCCNC(=O)CCNc1cc(C)nc(C)c1C#N. The molecular formula is C14H20N4O. The van der Waals surface area contributed by atoms with E-state index < -0.39 is 0 Å². The summed E-state index contributed by atoms with van der Waals surface area (Å²) in [5, 5.41) is 15.0. The van der Waals surface area contributed by atoms with Crippen molar-refractivity contribution in [3.05, 3.63) is 23.0 Å². The fraction of sp³-hybridized carbons (Fsp3) is 0.500.